The Kier molecular flexibility index (Phi) is 4.93. The van der Waals surface area contributed by atoms with Gasteiger partial charge in [-0.2, -0.15) is 0 Å². The molecular formula is C13H14BrFN2OS. The van der Waals surface area contributed by atoms with Gasteiger partial charge in [-0.3, -0.25) is 11.3 Å². The molecule has 0 amide bonds. The molecule has 2 rings (SSSR count). The van der Waals surface area contributed by atoms with Crippen molar-refractivity contribution in [2.24, 2.45) is 5.84 Å². The van der Waals surface area contributed by atoms with Crippen LogP contribution in [0.4, 0.5) is 4.39 Å². The Morgan fingerprint density at radius 3 is 2.79 bits per heavy atom. The van der Waals surface area contributed by atoms with E-state index in [1.165, 1.54) is 12.1 Å². The van der Waals surface area contributed by atoms with E-state index in [0.29, 0.717) is 6.42 Å². The molecule has 0 aliphatic rings. The van der Waals surface area contributed by atoms with Crippen LogP contribution in [0.25, 0.3) is 0 Å². The van der Waals surface area contributed by atoms with E-state index >= 15 is 0 Å². The Morgan fingerprint density at radius 1 is 1.42 bits per heavy atom. The van der Waals surface area contributed by atoms with Crippen LogP contribution < -0.4 is 16.0 Å². The van der Waals surface area contributed by atoms with Crippen LogP contribution in [0.15, 0.2) is 34.1 Å². The highest BCUT2D eigenvalue weighted by molar-refractivity contribution is 9.10. The van der Waals surface area contributed by atoms with Crippen molar-refractivity contribution in [3.05, 3.63) is 50.4 Å². The summed E-state index contributed by atoms with van der Waals surface area (Å²) in [6.45, 7) is 0. The van der Waals surface area contributed by atoms with Crippen LogP contribution >= 0.6 is 27.3 Å². The molecule has 102 valence electrons. The van der Waals surface area contributed by atoms with Gasteiger partial charge in [0.25, 0.3) is 0 Å². The number of rotatable bonds is 5. The summed E-state index contributed by atoms with van der Waals surface area (Å²) in [5.41, 5.74) is 3.64. The first-order valence-electron chi connectivity index (χ1n) is 5.66. The number of nitrogens with two attached hydrogens (primary N) is 1. The highest BCUT2D eigenvalue weighted by atomic mass is 79.9. The van der Waals surface area contributed by atoms with Gasteiger partial charge < -0.3 is 4.74 Å². The van der Waals surface area contributed by atoms with Gasteiger partial charge in [-0.1, -0.05) is 15.9 Å². The first-order chi connectivity index (χ1) is 9.12. The third-order valence-corrected chi connectivity index (χ3v) is 4.22. The molecule has 2 aromatic rings. The molecule has 6 heteroatoms. The minimum Gasteiger partial charge on any atom is -0.496 e. The molecule has 1 aromatic heterocycles. The van der Waals surface area contributed by atoms with Gasteiger partial charge in [-0.05, 0) is 36.2 Å². The summed E-state index contributed by atoms with van der Waals surface area (Å²) in [6, 6.07) is 6.70. The van der Waals surface area contributed by atoms with Crippen LogP contribution in [0.5, 0.6) is 5.75 Å². The number of hydrogen-bond donors (Lipinski definition) is 2. The molecule has 19 heavy (non-hydrogen) atoms. The van der Waals surface area contributed by atoms with E-state index in [9.17, 15) is 4.39 Å². The maximum atomic E-state index is 13.3. The monoisotopic (exact) mass is 344 g/mol. The minimum atomic E-state index is -0.260. The summed E-state index contributed by atoms with van der Waals surface area (Å²) in [7, 11) is 1.63. The van der Waals surface area contributed by atoms with E-state index in [2.05, 4.69) is 21.4 Å². The van der Waals surface area contributed by atoms with E-state index < -0.39 is 0 Å². The molecule has 3 nitrogen and oxygen atoms in total. The van der Waals surface area contributed by atoms with Gasteiger partial charge >= 0.3 is 0 Å². The van der Waals surface area contributed by atoms with E-state index in [0.717, 1.165) is 20.7 Å². The molecule has 0 spiro atoms. The molecule has 1 heterocycles. The number of ether oxygens (including phenoxy) is 1. The molecule has 0 saturated carbocycles. The van der Waals surface area contributed by atoms with Crippen molar-refractivity contribution in [1.82, 2.24) is 5.43 Å². The van der Waals surface area contributed by atoms with Crippen LogP contribution in [-0.2, 0) is 6.42 Å². The van der Waals surface area contributed by atoms with Gasteiger partial charge in [-0.25, -0.2) is 4.39 Å². The molecule has 0 radical (unpaired) electrons. The Labute approximate surface area is 123 Å². The highest BCUT2D eigenvalue weighted by Gasteiger charge is 2.14. The van der Waals surface area contributed by atoms with E-state index in [-0.39, 0.29) is 11.9 Å². The lowest BCUT2D eigenvalue weighted by molar-refractivity contribution is 0.415. The van der Waals surface area contributed by atoms with Crippen LogP contribution in [0.2, 0.25) is 0 Å². The highest BCUT2D eigenvalue weighted by Crippen LogP contribution is 2.29. The Bertz CT molecular complexity index is 541. The maximum Gasteiger partial charge on any atom is 0.129 e. The van der Waals surface area contributed by atoms with Gasteiger partial charge in [0.05, 0.1) is 13.2 Å². The average Bonchev–Trinajstić information content (AvgIpc) is 2.83. The third-order valence-electron chi connectivity index (χ3n) is 2.74. The van der Waals surface area contributed by atoms with E-state index in [1.807, 2.05) is 17.5 Å². The number of hydrazine groups is 1. The second-order valence-corrected chi connectivity index (χ2v) is 5.95. The first kappa shape index (κ1) is 14.5. The molecule has 0 bridgehead atoms. The summed E-state index contributed by atoms with van der Waals surface area (Å²) in [5, 5.41) is 1.92. The van der Waals surface area contributed by atoms with Crippen molar-refractivity contribution >= 4 is 27.3 Å². The molecule has 1 atom stereocenters. The number of thiophene rings is 1. The van der Waals surface area contributed by atoms with Gasteiger partial charge in [-0.15, -0.1) is 11.3 Å². The molecule has 0 aliphatic heterocycles. The molecule has 0 saturated heterocycles. The van der Waals surface area contributed by atoms with Crippen LogP contribution in [0.3, 0.4) is 0 Å². The molecular weight excluding hydrogens is 331 g/mol. The Balaban J connectivity index is 2.18. The fourth-order valence-corrected chi connectivity index (χ4v) is 3.26. The lowest BCUT2D eigenvalue weighted by atomic mass is 10.1. The lowest BCUT2D eigenvalue weighted by Gasteiger charge is -2.14. The maximum absolute atomic E-state index is 13.3. The van der Waals surface area contributed by atoms with Crippen LogP contribution in [0, 0.1) is 5.82 Å². The smallest absolute Gasteiger partial charge is 0.129 e. The van der Waals surface area contributed by atoms with Crippen molar-refractivity contribution in [3.8, 4) is 5.75 Å². The first-order valence-corrected chi connectivity index (χ1v) is 7.33. The fourth-order valence-electron chi connectivity index (χ4n) is 1.83. The van der Waals surface area contributed by atoms with E-state index in [1.54, 1.807) is 18.4 Å². The van der Waals surface area contributed by atoms with Gasteiger partial charge in [0.2, 0.25) is 0 Å². The average molecular weight is 345 g/mol. The summed E-state index contributed by atoms with van der Waals surface area (Å²) in [5.74, 6) is 6.14. The van der Waals surface area contributed by atoms with Gasteiger partial charge in [0, 0.05) is 14.7 Å². The molecule has 0 aliphatic carbocycles. The summed E-state index contributed by atoms with van der Waals surface area (Å²) < 4.78 is 19.2. The predicted molar refractivity (Wildman–Crippen MR) is 78.7 cm³/mol. The third kappa shape index (κ3) is 3.76. The summed E-state index contributed by atoms with van der Waals surface area (Å²) in [6.07, 6.45) is 0.608. The van der Waals surface area contributed by atoms with Crippen molar-refractivity contribution in [2.45, 2.75) is 12.5 Å². The molecule has 3 N–H and O–H groups in total. The summed E-state index contributed by atoms with van der Waals surface area (Å²) in [4.78, 5) is 1.06. The van der Waals surface area contributed by atoms with Gasteiger partial charge in [0.15, 0.2) is 0 Å². The number of hydrogen-bond acceptors (Lipinski definition) is 4. The zero-order chi connectivity index (χ0) is 13.8. The predicted octanol–water partition coefficient (Wildman–Crippen LogP) is 3.41. The van der Waals surface area contributed by atoms with Crippen molar-refractivity contribution in [2.75, 3.05) is 7.11 Å². The quantitative estimate of drug-likeness (QED) is 0.645. The lowest BCUT2D eigenvalue weighted by Crippen LogP contribution is -2.29. The number of methoxy groups -OCH3 is 1. The zero-order valence-corrected chi connectivity index (χ0v) is 12.7. The Morgan fingerprint density at radius 2 is 2.21 bits per heavy atom. The van der Waals surface area contributed by atoms with Crippen LogP contribution in [0.1, 0.15) is 16.5 Å². The molecule has 1 unspecified atom stereocenters. The van der Waals surface area contributed by atoms with Gasteiger partial charge in [0.1, 0.15) is 11.6 Å². The zero-order valence-electron chi connectivity index (χ0n) is 10.3. The molecule has 0 fully saturated rings. The summed E-state index contributed by atoms with van der Waals surface area (Å²) >= 11 is 4.85. The van der Waals surface area contributed by atoms with Crippen molar-refractivity contribution < 1.29 is 9.13 Å². The topological polar surface area (TPSA) is 47.3 Å². The standard InChI is InChI=1S/C13H14BrFN2OS/c1-18-11-6-13(19-7-11)12(17-16)4-8-2-9(14)5-10(15)3-8/h2-3,5-7,12,17H,4,16H2,1H3. The normalized spacial score (nSPS) is 12.4. The number of nitrogens with one attached hydrogen (secondary N) is 1. The largest absolute Gasteiger partial charge is 0.496 e. The Hall–Kier alpha value is -0.950. The number of halogens is 2. The SMILES string of the molecule is COc1csc(C(Cc2cc(F)cc(Br)c2)NN)c1. The second kappa shape index (κ2) is 6.47. The van der Waals surface area contributed by atoms with Crippen molar-refractivity contribution in [1.29, 1.82) is 0 Å². The molecule has 1 aromatic carbocycles. The fraction of sp³-hybridized carbons (Fsp3) is 0.231. The van der Waals surface area contributed by atoms with Crippen LogP contribution in [-0.4, -0.2) is 7.11 Å². The number of benzene rings is 1. The van der Waals surface area contributed by atoms with Crippen molar-refractivity contribution in [3.63, 3.8) is 0 Å². The second-order valence-electron chi connectivity index (χ2n) is 4.09. The minimum absolute atomic E-state index is 0.0670. The van der Waals surface area contributed by atoms with E-state index in [4.69, 9.17) is 10.6 Å².